The standard InChI is InChI=1S/C19H21F2N3/c1-12-19(13-6-8-24(12)9-7-13)23-18-5-3-15(11-22-18)14-2-4-16(20)17(21)10-14/h2-5,10-13,19H,6-9H2,1H3,(H,22,23)/t12-,19+/m1/s1. The number of hydrogen-bond acceptors (Lipinski definition) is 3. The van der Waals surface area contributed by atoms with Crippen molar-refractivity contribution in [1.82, 2.24) is 9.88 Å². The van der Waals surface area contributed by atoms with Crippen molar-refractivity contribution < 1.29 is 8.78 Å². The Morgan fingerprint density at radius 3 is 2.42 bits per heavy atom. The van der Waals surface area contributed by atoms with Gasteiger partial charge in [0.2, 0.25) is 0 Å². The lowest BCUT2D eigenvalue weighted by atomic mass is 9.79. The van der Waals surface area contributed by atoms with Crippen LogP contribution < -0.4 is 5.32 Å². The number of benzene rings is 1. The molecule has 2 atom stereocenters. The highest BCUT2D eigenvalue weighted by Crippen LogP contribution is 2.34. The minimum Gasteiger partial charge on any atom is -0.365 e. The van der Waals surface area contributed by atoms with Crippen LogP contribution in [0.5, 0.6) is 0 Å². The van der Waals surface area contributed by atoms with Gasteiger partial charge in [0, 0.05) is 23.8 Å². The first-order valence-electron chi connectivity index (χ1n) is 8.54. The summed E-state index contributed by atoms with van der Waals surface area (Å²) in [6, 6.07) is 8.67. The third-order valence-electron chi connectivity index (χ3n) is 5.51. The number of piperidine rings is 3. The number of nitrogens with one attached hydrogen (secondary N) is 1. The maximum absolute atomic E-state index is 13.4. The predicted molar refractivity (Wildman–Crippen MR) is 90.8 cm³/mol. The minimum atomic E-state index is -0.837. The Bertz CT molecular complexity index is 722. The number of anilines is 1. The highest BCUT2D eigenvalue weighted by molar-refractivity contribution is 5.63. The number of fused-ring (bicyclic) bond motifs is 3. The second kappa shape index (κ2) is 6.13. The molecule has 1 aromatic carbocycles. The van der Waals surface area contributed by atoms with Gasteiger partial charge in [0.1, 0.15) is 5.82 Å². The van der Waals surface area contributed by atoms with E-state index in [2.05, 4.69) is 22.1 Å². The Labute approximate surface area is 140 Å². The van der Waals surface area contributed by atoms with Crippen molar-refractivity contribution in [2.45, 2.75) is 31.8 Å². The van der Waals surface area contributed by atoms with E-state index in [1.807, 2.05) is 12.1 Å². The average Bonchev–Trinajstić information content (AvgIpc) is 2.61. The second-order valence-electron chi connectivity index (χ2n) is 6.85. The lowest BCUT2D eigenvalue weighted by Crippen LogP contribution is -2.59. The highest BCUT2D eigenvalue weighted by Gasteiger charge is 2.39. The van der Waals surface area contributed by atoms with Gasteiger partial charge >= 0.3 is 0 Å². The second-order valence-corrected chi connectivity index (χ2v) is 6.85. The van der Waals surface area contributed by atoms with Crippen LogP contribution in [0.4, 0.5) is 14.6 Å². The monoisotopic (exact) mass is 329 g/mol. The van der Waals surface area contributed by atoms with Crippen LogP contribution in [0.3, 0.4) is 0 Å². The van der Waals surface area contributed by atoms with E-state index in [-0.39, 0.29) is 0 Å². The van der Waals surface area contributed by atoms with Crippen LogP contribution >= 0.6 is 0 Å². The van der Waals surface area contributed by atoms with Gasteiger partial charge in [-0.25, -0.2) is 13.8 Å². The molecule has 126 valence electrons. The lowest BCUT2D eigenvalue weighted by molar-refractivity contribution is 0.0457. The number of aromatic nitrogens is 1. The molecule has 4 heterocycles. The quantitative estimate of drug-likeness (QED) is 0.925. The maximum Gasteiger partial charge on any atom is 0.159 e. The summed E-state index contributed by atoms with van der Waals surface area (Å²) >= 11 is 0. The molecule has 3 saturated heterocycles. The third-order valence-corrected chi connectivity index (χ3v) is 5.51. The Morgan fingerprint density at radius 2 is 1.79 bits per heavy atom. The van der Waals surface area contributed by atoms with E-state index < -0.39 is 11.6 Å². The molecule has 0 aliphatic carbocycles. The largest absolute Gasteiger partial charge is 0.365 e. The molecule has 5 rings (SSSR count). The average molecular weight is 329 g/mol. The van der Waals surface area contributed by atoms with Crippen LogP contribution in [0.1, 0.15) is 19.8 Å². The van der Waals surface area contributed by atoms with Gasteiger partial charge in [-0.2, -0.15) is 0 Å². The Hall–Kier alpha value is -2.01. The summed E-state index contributed by atoms with van der Waals surface area (Å²) in [6.07, 6.45) is 4.20. The molecule has 0 saturated carbocycles. The van der Waals surface area contributed by atoms with Crippen molar-refractivity contribution in [3.05, 3.63) is 48.2 Å². The molecule has 2 bridgehead atoms. The first-order chi connectivity index (χ1) is 11.6. The van der Waals surface area contributed by atoms with Crippen molar-refractivity contribution in [3.63, 3.8) is 0 Å². The van der Waals surface area contributed by atoms with Crippen molar-refractivity contribution >= 4 is 5.82 Å². The molecule has 0 spiro atoms. The molecule has 3 fully saturated rings. The van der Waals surface area contributed by atoms with E-state index in [0.29, 0.717) is 23.6 Å². The summed E-state index contributed by atoms with van der Waals surface area (Å²) in [6.45, 7) is 4.68. The zero-order chi connectivity index (χ0) is 16.7. The summed E-state index contributed by atoms with van der Waals surface area (Å²) in [4.78, 5) is 7.01. The first kappa shape index (κ1) is 15.5. The molecule has 1 N–H and O–H groups in total. The van der Waals surface area contributed by atoms with Crippen molar-refractivity contribution in [1.29, 1.82) is 0 Å². The van der Waals surface area contributed by atoms with Gasteiger partial charge in [-0.1, -0.05) is 6.07 Å². The predicted octanol–water partition coefficient (Wildman–Crippen LogP) is 3.92. The van der Waals surface area contributed by atoms with E-state index in [1.165, 1.54) is 32.0 Å². The summed E-state index contributed by atoms with van der Waals surface area (Å²) in [5, 5.41) is 3.57. The third kappa shape index (κ3) is 2.77. The molecule has 2 aromatic rings. The fraction of sp³-hybridized carbons (Fsp3) is 0.421. The molecule has 5 heteroatoms. The smallest absolute Gasteiger partial charge is 0.159 e. The van der Waals surface area contributed by atoms with Gasteiger partial charge < -0.3 is 5.32 Å². The molecule has 0 radical (unpaired) electrons. The minimum absolute atomic E-state index is 0.425. The van der Waals surface area contributed by atoms with Crippen molar-refractivity contribution in [2.75, 3.05) is 18.4 Å². The summed E-state index contributed by atoms with van der Waals surface area (Å²) in [7, 11) is 0. The van der Waals surface area contributed by atoms with Gasteiger partial charge in [-0.05, 0) is 68.6 Å². The fourth-order valence-electron chi connectivity index (χ4n) is 4.04. The first-order valence-corrected chi connectivity index (χ1v) is 8.54. The van der Waals surface area contributed by atoms with Gasteiger partial charge in [0.05, 0.1) is 0 Å². The zero-order valence-electron chi connectivity index (χ0n) is 13.7. The van der Waals surface area contributed by atoms with Crippen molar-refractivity contribution in [3.8, 4) is 11.1 Å². The molecule has 3 nitrogen and oxygen atoms in total. The summed E-state index contributed by atoms with van der Waals surface area (Å²) in [5.41, 5.74) is 1.41. The Morgan fingerprint density at radius 1 is 1.04 bits per heavy atom. The molecule has 3 aliphatic rings. The van der Waals surface area contributed by atoms with Crippen LogP contribution in [0.2, 0.25) is 0 Å². The van der Waals surface area contributed by atoms with Gasteiger partial charge in [-0.3, -0.25) is 4.90 Å². The highest BCUT2D eigenvalue weighted by atomic mass is 19.2. The number of rotatable bonds is 3. The summed E-state index contributed by atoms with van der Waals surface area (Å²) in [5.74, 6) is -0.123. The molecule has 3 aliphatic heterocycles. The maximum atomic E-state index is 13.4. The molecule has 0 unspecified atom stereocenters. The zero-order valence-corrected chi connectivity index (χ0v) is 13.7. The topological polar surface area (TPSA) is 28.2 Å². The molecule has 0 amide bonds. The molecular formula is C19H21F2N3. The van der Waals surface area contributed by atoms with Crippen LogP contribution in [0.25, 0.3) is 11.1 Å². The van der Waals surface area contributed by atoms with Gasteiger partial charge in [-0.15, -0.1) is 0 Å². The van der Waals surface area contributed by atoms with E-state index in [9.17, 15) is 8.78 Å². The van der Waals surface area contributed by atoms with Crippen molar-refractivity contribution in [2.24, 2.45) is 5.92 Å². The number of nitrogens with zero attached hydrogens (tertiary/aromatic N) is 2. The number of pyridine rings is 1. The fourth-order valence-corrected chi connectivity index (χ4v) is 4.04. The van der Waals surface area contributed by atoms with E-state index >= 15 is 0 Å². The van der Waals surface area contributed by atoms with E-state index in [1.54, 1.807) is 12.3 Å². The van der Waals surface area contributed by atoms with Crippen LogP contribution in [-0.2, 0) is 0 Å². The normalized spacial score (nSPS) is 28.8. The van der Waals surface area contributed by atoms with Crippen LogP contribution in [-0.4, -0.2) is 35.1 Å². The Balaban J connectivity index is 1.50. The summed E-state index contributed by atoms with van der Waals surface area (Å²) < 4.78 is 26.4. The van der Waals surface area contributed by atoms with Crippen LogP contribution in [0, 0.1) is 17.6 Å². The van der Waals surface area contributed by atoms with Gasteiger partial charge in [0.15, 0.2) is 11.6 Å². The molecule has 1 aromatic heterocycles. The van der Waals surface area contributed by atoms with E-state index in [0.717, 1.165) is 17.4 Å². The number of halogens is 2. The molecular weight excluding hydrogens is 308 g/mol. The SMILES string of the molecule is C[C@@H]1[C@H](Nc2ccc(-c3ccc(F)c(F)c3)cn2)C2CCN1CC2. The van der Waals surface area contributed by atoms with E-state index in [4.69, 9.17) is 0 Å². The number of hydrogen-bond donors (Lipinski definition) is 1. The van der Waals surface area contributed by atoms with Gasteiger partial charge in [0.25, 0.3) is 0 Å². The van der Waals surface area contributed by atoms with Crippen LogP contribution in [0.15, 0.2) is 36.5 Å². The molecule has 24 heavy (non-hydrogen) atoms. The lowest BCUT2D eigenvalue weighted by Gasteiger charge is -2.50. The Kier molecular flexibility index (Phi) is 3.96.